The van der Waals surface area contributed by atoms with Crippen LogP contribution in [0.1, 0.15) is 50.1 Å². The fraction of sp³-hybridized carbons (Fsp3) is 0.308. The first-order valence-corrected chi connectivity index (χ1v) is 11.1. The number of hydrogen-bond acceptors (Lipinski definition) is 7. The van der Waals surface area contributed by atoms with Gasteiger partial charge in [0.1, 0.15) is 18.4 Å². The molecule has 4 atom stereocenters. The first kappa shape index (κ1) is 24.5. The summed E-state index contributed by atoms with van der Waals surface area (Å²) < 4.78 is 6.87. The van der Waals surface area contributed by atoms with Crippen LogP contribution in [0.15, 0.2) is 64.3 Å². The zero-order chi connectivity index (χ0) is 25.5. The summed E-state index contributed by atoms with van der Waals surface area (Å²) in [6.45, 7) is 5.17. The third kappa shape index (κ3) is 4.53. The zero-order valence-corrected chi connectivity index (χ0v) is 19.5. The molecule has 0 radical (unpaired) electrons. The minimum absolute atomic E-state index is 0.160. The number of benzene rings is 2. The number of nitrogens with one attached hydrogen (secondary N) is 1. The van der Waals surface area contributed by atoms with E-state index in [1.54, 1.807) is 24.3 Å². The van der Waals surface area contributed by atoms with Crippen LogP contribution in [-0.2, 0) is 4.74 Å². The van der Waals surface area contributed by atoms with E-state index in [-0.39, 0.29) is 16.7 Å². The molecule has 1 saturated heterocycles. The number of ketones is 2. The third-order valence-corrected chi connectivity index (χ3v) is 6.31. The van der Waals surface area contributed by atoms with Gasteiger partial charge in [-0.25, -0.2) is 4.79 Å². The summed E-state index contributed by atoms with van der Waals surface area (Å²) in [5.74, 6) is -1.49. The minimum Gasteiger partial charge on any atom is -0.382 e. The van der Waals surface area contributed by atoms with Crippen LogP contribution in [0.2, 0.25) is 0 Å². The number of aromatic nitrogens is 2. The van der Waals surface area contributed by atoms with Crippen molar-refractivity contribution in [2.75, 3.05) is 0 Å². The van der Waals surface area contributed by atoms with E-state index in [9.17, 15) is 29.4 Å². The van der Waals surface area contributed by atoms with Crippen molar-refractivity contribution in [3.63, 3.8) is 0 Å². The summed E-state index contributed by atoms with van der Waals surface area (Å²) in [6.07, 6.45) is -3.97. The first-order valence-electron chi connectivity index (χ1n) is 11.1. The SMILES string of the molecule is Cc1ccc(C(=O)C(O)[C@H]2O[C@H](n3cc(C)c(=O)[nH]c3=O)C[C@@]2(O)C(=O)c2ccc(C)cc2)cc1. The van der Waals surface area contributed by atoms with Crippen LogP contribution in [0, 0.1) is 20.8 Å². The molecule has 3 N–H and O–H groups in total. The molecule has 2 heterocycles. The molecule has 2 aromatic carbocycles. The van der Waals surface area contributed by atoms with Crippen LogP contribution < -0.4 is 11.2 Å². The smallest absolute Gasteiger partial charge is 0.330 e. The van der Waals surface area contributed by atoms with E-state index in [4.69, 9.17) is 4.74 Å². The Morgan fingerprint density at radius 2 is 1.54 bits per heavy atom. The van der Waals surface area contributed by atoms with Crippen LogP contribution in [0.4, 0.5) is 0 Å². The number of nitrogens with zero attached hydrogens (tertiary/aromatic N) is 1. The topological polar surface area (TPSA) is 139 Å². The summed E-state index contributed by atoms with van der Waals surface area (Å²) in [7, 11) is 0. The van der Waals surface area contributed by atoms with E-state index < -0.39 is 53.3 Å². The number of aromatic amines is 1. The largest absolute Gasteiger partial charge is 0.382 e. The molecule has 0 saturated carbocycles. The van der Waals surface area contributed by atoms with Crippen LogP contribution >= 0.6 is 0 Å². The molecule has 35 heavy (non-hydrogen) atoms. The molecule has 182 valence electrons. The van der Waals surface area contributed by atoms with E-state index in [0.29, 0.717) is 0 Å². The number of Topliss-reactive ketones (excluding diaryl/α,β-unsaturated/α-hetero) is 2. The maximum atomic E-state index is 13.5. The number of H-pyrrole nitrogens is 1. The molecular weight excluding hydrogens is 452 g/mol. The van der Waals surface area contributed by atoms with Crippen molar-refractivity contribution in [2.45, 2.75) is 51.2 Å². The molecule has 1 fully saturated rings. The third-order valence-electron chi connectivity index (χ3n) is 6.31. The zero-order valence-electron chi connectivity index (χ0n) is 19.5. The van der Waals surface area contributed by atoms with Crippen molar-refractivity contribution in [1.29, 1.82) is 0 Å². The van der Waals surface area contributed by atoms with Gasteiger partial charge in [0.2, 0.25) is 0 Å². The molecular formula is C26H26N2O7. The van der Waals surface area contributed by atoms with Crippen molar-refractivity contribution < 1.29 is 24.5 Å². The van der Waals surface area contributed by atoms with Gasteiger partial charge in [0, 0.05) is 29.3 Å². The van der Waals surface area contributed by atoms with Crippen LogP contribution in [0.3, 0.4) is 0 Å². The summed E-state index contributed by atoms with van der Waals surface area (Å²) in [5.41, 5.74) is -1.37. The molecule has 1 unspecified atom stereocenters. The second-order valence-corrected chi connectivity index (χ2v) is 8.99. The highest BCUT2D eigenvalue weighted by molar-refractivity contribution is 6.05. The number of ether oxygens (including phenoxy) is 1. The molecule has 0 bridgehead atoms. The van der Waals surface area contributed by atoms with Crippen LogP contribution in [0.5, 0.6) is 0 Å². The first-order chi connectivity index (χ1) is 16.5. The maximum absolute atomic E-state index is 13.5. The van der Waals surface area contributed by atoms with Crippen molar-refractivity contribution in [3.8, 4) is 0 Å². The van der Waals surface area contributed by atoms with Gasteiger partial charge in [-0.05, 0) is 20.8 Å². The number of aliphatic hydroxyl groups is 2. The number of hydrogen-bond donors (Lipinski definition) is 3. The van der Waals surface area contributed by atoms with Crippen molar-refractivity contribution in [1.82, 2.24) is 9.55 Å². The number of aryl methyl sites for hydroxylation is 3. The lowest BCUT2D eigenvalue weighted by molar-refractivity contribution is -0.0916. The van der Waals surface area contributed by atoms with Gasteiger partial charge in [0.05, 0.1) is 0 Å². The Balaban J connectivity index is 1.76. The van der Waals surface area contributed by atoms with E-state index in [1.807, 2.05) is 13.8 Å². The molecule has 0 aliphatic carbocycles. The minimum atomic E-state index is -2.33. The van der Waals surface area contributed by atoms with Gasteiger partial charge in [-0.3, -0.25) is 23.9 Å². The summed E-state index contributed by atoms with van der Waals surface area (Å²) in [6, 6.07) is 12.9. The van der Waals surface area contributed by atoms with Crippen LogP contribution in [-0.4, -0.2) is 49.1 Å². The van der Waals surface area contributed by atoms with E-state index in [0.717, 1.165) is 15.7 Å². The quantitative estimate of drug-likeness (QED) is 0.458. The Bertz CT molecular complexity index is 1390. The highest BCUT2D eigenvalue weighted by Gasteiger charge is 2.57. The Morgan fingerprint density at radius 1 is 1.00 bits per heavy atom. The Morgan fingerprint density at radius 3 is 2.11 bits per heavy atom. The van der Waals surface area contributed by atoms with E-state index >= 15 is 0 Å². The molecule has 0 amide bonds. The van der Waals surface area contributed by atoms with Crippen molar-refractivity contribution in [3.05, 3.63) is 103 Å². The van der Waals surface area contributed by atoms with Gasteiger partial charge < -0.3 is 14.9 Å². The predicted octanol–water partition coefficient (Wildman–Crippen LogP) is 1.61. The number of carbonyl (C=O) groups is 2. The van der Waals surface area contributed by atoms with Gasteiger partial charge in [0.15, 0.2) is 17.2 Å². The van der Waals surface area contributed by atoms with Gasteiger partial charge in [0.25, 0.3) is 5.56 Å². The highest BCUT2D eigenvalue weighted by Crippen LogP contribution is 2.40. The number of rotatable bonds is 6. The predicted molar refractivity (Wildman–Crippen MR) is 127 cm³/mol. The molecule has 4 rings (SSSR count). The van der Waals surface area contributed by atoms with Crippen LogP contribution in [0.25, 0.3) is 0 Å². The second-order valence-electron chi connectivity index (χ2n) is 8.99. The molecule has 3 aromatic rings. The molecule has 1 aromatic heterocycles. The summed E-state index contributed by atoms with van der Waals surface area (Å²) >= 11 is 0. The Hall–Kier alpha value is -3.66. The van der Waals surface area contributed by atoms with E-state index in [2.05, 4.69) is 4.98 Å². The molecule has 9 heteroatoms. The summed E-state index contributed by atoms with van der Waals surface area (Å²) in [4.78, 5) is 53.0. The van der Waals surface area contributed by atoms with Gasteiger partial charge >= 0.3 is 5.69 Å². The standard InChI is InChI=1S/C26H26N2O7/c1-14-4-8-17(9-5-14)20(29)21(30)23-26(34,22(31)18-10-6-15(2)7-11-18)12-19(35-23)28-13-16(3)24(32)27-25(28)33/h4-11,13,19,21,23,30,34H,12H2,1-3H3,(H,27,32,33)/t19-,21?,23+,26+/m0/s1. The van der Waals surface area contributed by atoms with E-state index in [1.165, 1.54) is 37.4 Å². The lowest BCUT2D eigenvalue weighted by atomic mass is 9.82. The van der Waals surface area contributed by atoms with Crippen molar-refractivity contribution >= 4 is 11.6 Å². The second kappa shape index (κ2) is 9.18. The van der Waals surface area contributed by atoms with Crippen molar-refractivity contribution in [2.24, 2.45) is 0 Å². The molecule has 1 aliphatic heterocycles. The van der Waals surface area contributed by atoms with Gasteiger partial charge in [-0.2, -0.15) is 0 Å². The van der Waals surface area contributed by atoms with Gasteiger partial charge in [-0.1, -0.05) is 59.7 Å². The Labute approximate surface area is 200 Å². The average Bonchev–Trinajstić information content (AvgIpc) is 3.19. The molecule has 9 nitrogen and oxygen atoms in total. The summed E-state index contributed by atoms with van der Waals surface area (Å²) in [5, 5.41) is 22.6. The normalized spacial score (nSPS) is 22.7. The fourth-order valence-electron chi connectivity index (χ4n) is 4.21. The fourth-order valence-corrected chi connectivity index (χ4v) is 4.21. The molecule has 0 spiro atoms. The maximum Gasteiger partial charge on any atom is 0.330 e. The Kier molecular flexibility index (Phi) is 6.42. The average molecular weight is 479 g/mol. The van der Waals surface area contributed by atoms with Gasteiger partial charge in [-0.15, -0.1) is 0 Å². The number of aliphatic hydroxyl groups excluding tert-OH is 1. The highest BCUT2D eigenvalue weighted by atomic mass is 16.6. The lowest BCUT2D eigenvalue weighted by Crippen LogP contribution is -2.53. The number of carbonyl (C=O) groups excluding carboxylic acids is 2. The molecule has 1 aliphatic rings. The monoisotopic (exact) mass is 478 g/mol. The lowest BCUT2D eigenvalue weighted by Gasteiger charge is -2.29.